The van der Waals surface area contributed by atoms with Crippen molar-refractivity contribution in [2.24, 2.45) is 0 Å². The largest absolute Gasteiger partial charge is 0.493 e. The van der Waals surface area contributed by atoms with Gasteiger partial charge in [0.1, 0.15) is 10.6 Å². The van der Waals surface area contributed by atoms with E-state index in [1.807, 2.05) is 35.7 Å². The second kappa shape index (κ2) is 10.5. The molecule has 3 rings (SSSR count). The summed E-state index contributed by atoms with van der Waals surface area (Å²) in [5.41, 5.74) is 2.10. The molecule has 0 bridgehead atoms. The molecule has 0 saturated carbocycles. The van der Waals surface area contributed by atoms with Gasteiger partial charge in [0.25, 0.3) is 5.91 Å². The maximum Gasteiger partial charge on any atom is 0.341 e. The summed E-state index contributed by atoms with van der Waals surface area (Å²) in [6.45, 7) is 1.95. The molecule has 0 atom stereocenters. The van der Waals surface area contributed by atoms with Crippen molar-refractivity contribution < 1.29 is 28.5 Å². The Bertz CT molecular complexity index is 1130. The average molecular weight is 520 g/mol. The lowest BCUT2D eigenvalue weighted by atomic mass is 10.0. The van der Waals surface area contributed by atoms with Crippen LogP contribution < -0.4 is 19.5 Å². The van der Waals surface area contributed by atoms with Crippen molar-refractivity contribution in [3.05, 3.63) is 57.4 Å². The summed E-state index contributed by atoms with van der Waals surface area (Å²) in [5.74, 6) is 0.0429. The van der Waals surface area contributed by atoms with Gasteiger partial charge in [0.05, 0.1) is 38.0 Å². The van der Waals surface area contributed by atoms with Crippen LogP contribution in [-0.4, -0.2) is 39.8 Å². The molecule has 3 aromatic rings. The fourth-order valence-corrected chi connectivity index (χ4v) is 4.73. The van der Waals surface area contributed by atoms with Crippen molar-refractivity contribution in [1.82, 2.24) is 0 Å². The van der Waals surface area contributed by atoms with Gasteiger partial charge in [-0.15, -0.1) is 11.3 Å². The minimum Gasteiger partial charge on any atom is -0.493 e. The lowest BCUT2D eigenvalue weighted by Crippen LogP contribution is -2.16. The number of thiophene rings is 1. The van der Waals surface area contributed by atoms with Crippen molar-refractivity contribution in [3.8, 4) is 28.4 Å². The van der Waals surface area contributed by atoms with Crippen LogP contribution in [0.25, 0.3) is 11.1 Å². The Morgan fingerprint density at radius 2 is 1.72 bits per heavy atom. The van der Waals surface area contributed by atoms with Crippen LogP contribution in [0.1, 0.15) is 27.6 Å². The van der Waals surface area contributed by atoms with Crippen LogP contribution in [0, 0.1) is 0 Å². The zero-order valence-electron chi connectivity index (χ0n) is 18.0. The number of rotatable bonds is 8. The van der Waals surface area contributed by atoms with Crippen LogP contribution in [-0.2, 0) is 4.74 Å². The molecule has 0 saturated heterocycles. The van der Waals surface area contributed by atoms with Crippen LogP contribution in [0.4, 0.5) is 5.00 Å². The summed E-state index contributed by atoms with van der Waals surface area (Å²) in [7, 11) is 4.42. The summed E-state index contributed by atoms with van der Waals surface area (Å²) in [5, 5.41) is 5.04. The molecular formula is C23H22BrNO6S. The highest BCUT2D eigenvalue weighted by molar-refractivity contribution is 9.10. The highest BCUT2D eigenvalue weighted by atomic mass is 79.9. The Kier molecular flexibility index (Phi) is 7.76. The van der Waals surface area contributed by atoms with E-state index in [4.69, 9.17) is 18.9 Å². The number of hydrogen-bond donors (Lipinski definition) is 1. The van der Waals surface area contributed by atoms with Crippen molar-refractivity contribution in [2.75, 3.05) is 33.3 Å². The third-order valence-electron chi connectivity index (χ3n) is 4.60. The normalized spacial score (nSPS) is 10.4. The molecular weight excluding hydrogens is 498 g/mol. The van der Waals surface area contributed by atoms with Gasteiger partial charge in [-0.25, -0.2) is 4.79 Å². The topological polar surface area (TPSA) is 83.1 Å². The number of esters is 1. The lowest BCUT2D eigenvalue weighted by molar-refractivity contribution is 0.0529. The first-order chi connectivity index (χ1) is 15.5. The lowest BCUT2D eigenvalue weighted by Gasteiger charge is -2.16. The second-order valence-corrected chi connectivity index (χ2v) is 8.07. The predicted molar refractivity (Wildman–Crippen MR) is 127 cm³/mol. The molecule has 7 nitrogen and oxygen atoms in total. The second-order valence-electron chi connectivity index (χ2n) is 6.40. The van der Waals surface area contributed by atoms with Crippen molar-refractivity contribution >= 4 is 44.1 Å². The molecule has 0 spiro atoms. The minimum absolute atomic E-state index is 0.217. The molecule has 0 aliphatic rings. The molecule has 1 aromatic heterocycles. The number of anilines is 1. The first-order valence-electron chi connectivity index (χ1n) is 9.60. The van der Waals surface area contributed by atoms with Gasteiger partial charge < -0.3 is 24.3 Å². The number of methoxy groups -OCH3 is 3. The van der Waals surface area contributed by atoms with Crippen LogP contribution in [0.3, 0.4) is 0 Å². The van der Waals surface area contributed by atoms with Gasteiger partial charge in [0, 0.05) is 10.9 Å². The minimum atomic E-state index is -0.508. The van der Waals surface area contributed by atoms with Gasteiger partial charge in [-0.2, -0.15) is 0 Å². The van der Waals surface area contributed by atoms with E-state index in [2.05, 4.69) is 21.2 Å². The highest BCUT2D eigenvalue weighted by Crippen LogP contribution is 2.45. The quantitative estimate of drug-likeness (QED) is 0.388. The number of carbonyl (C=O) groups is 2. The Morgan fingerprint density at radius 3 is 2.31 bits per heavy atom. The highest BCUT2D eigenvalue weighted by Gasteiger charge is 2.26. The zero-order chi connectivity index (χ0) is 23.3. The van der Waals surface area contributed by atoms with E-state index in [0.29, 0.717) is 37.8 Å². The number of halogens is 1. The summed E-state index contributed by atoms with van der Waals surface area (Å²) in [6, 6.07) is 11.0. The Labute approximate surface area is 198 Å². The van der Waals surface area contributed by atoms with E-state index in [1.54, 1.807) is 6.92 Å². The summed E-state index contributed by atoms with van der Waals surface area (Å²) >= 11 is 4.66. The summed E-state index contributed by atoms with van der Waals surface area (Å²) in [4.78, 5) is 26.0. The monoisotopic (exact) mass is 519 g/mol. The molecule has 0 aliphatic carbocycles. The van der Waals surface area contributed by atoms with Crippen molar-refractivity contribution in [1.29, 1.82) is 0 Å². The Hall–Kier alpha value is -3.04. The third kappa shape index (κ3) is 4.58. The Balaban J connectivity index is 2.05. The molecule has 0 aliphatic heterocycles. The Morgan fingerprint density at radius 1 is 1.03 bits per heavy atom. The fourth-order valence-electron chi connectivity index (χ4n) is 3.14. The smallest absolute Gasteiger partial charge is 0.341 e. The molecule has 9 heteroatoms. The van der Waals surface area contributed by atoms with E-state index in [-0.39, 0.29) is 12.2 Å². The van der Waals surface area contributed by atoms with Gasteiger partial charge in [0.15, 0.2) is 11.5 Å². The third-order valence-corrected chi connectivity index (χ3v) is 6.28. The van der Waals surface area contributed by atoms with Gasteiger partial charge in [-0.05, 0) is 34.5 Å². The molecule has 0 fully saturated rings. The zero-order valence-corrected chi connectivity index (χ0v) is 20.4. The van der Waals surface area contributed by atoms with Gasteiger partial charge >= 0.3 is 5.97 Å². The van der Waals surface area contributed by atoms with Crippen LogP contribution in [0.15, 0.2) is 46.3 Å². The van der Waals surface area contributed by atoms with Crippen LogP contribution in [0.5, 0.6) is 17.2 Å². The number of hydrogen-bond acceptors (Lipinski definition) is 7. The number of amides is 1. The number of ether oxygens (including phenoxy) is 4. The van der Waals surface area contributed by atoms with Crippen molar-refractivity contribution in [3.63, 3.8) is 0 Å². The van der Waals surface area contributed by atoms with Crippen molar-refractivity contribution in [2.45, 2.75) is 6.92 Å². The van der Waals surface area contributed by atoms with E-state index in [9.17, 15) is 9.59 Å². The van der Waals surface area contributed by atoms with Gasteiger partial charge in [-0.3, -0.25) is 4.79 Å². The molecule has 1 heterocycles. The van der Waals surface area contributed by atoms with Crippen LogP contribution in [0.2, 0.25) is 0 Å². The van der Waals surface area contributed by atoms with Gasteiger partial charge in [-0.1, -0.05) is 30.3 Å². The first kappa shape index (κ1) is 23.6. The SMILES string of the molecule is CCOC(=O)c1c(-c2ccccc2)csc1NC(=O)c1cc(OC)c(OC)c(OC)c1Br. The molecule has 1 N–H and O–H groups in total. The first-order valence-corrected chi connectivity index (χ1v) is 11.3. The summed E-state index contributed by atoms with van der Waals surface area (Å²) in [6.07, 6.45) is 0. The number of benzene rings is 2. The maximum atomic E-state index is 13.2. The van der Waals surface area contributed by atoms with E-state index < -0.39 is 11.9 Å². The molecule has 168 valence electrons. The summed E-state index contributed by atoms with van der Waals surface area (Å²) < 4.78 is 21.8. The number of nitrogens with one attached hydrogen (secondary N) is 1. The average Bonchev–Trinajstić information content (AvgIpc) is 3.22. The molecule has 2 aromatic carbocycles. The number of carbonyl (C=O) groups excluding carboxylic acids is 2. The van der Waals surface area contributed by atoms with Crippen LogP contribution >= 0.6 is 27.3 Å². The van der Waals surface area contributed by atoms with E-state index >= 15 is 0 Å². The standard InChI is InChI=1S/C23H22BrNO6S/c1-5-31-23(27)17-15(13-9-7-6-8-10-13)12-32-22(17)25-21(26)14-11-16(28-2)19(29-3)20(30-4)18(14)24/h6-12H,5H2,1-4H3,(H,25,26). The fraction of sp³-hybridized carbons (Fsp3) is 0.217. The molecule has 32 heavy (non-hydrogen) atoms. The predicted octanol–water partition coefficient (Wildman–Crippen LogP) is 5.63. The molecule has 0 radical (unpaired) electrons. The maximum absolute atomic E-state index is 13.2. The molecule has 0 unspecified atom stereocenters. The van der Waals surface area contributed by atoms with Gasteiger partial charge in [0.2, 0.25) is 5.75 Å². The van der Waals surface area contributed by atoms with E-state index in [0.717, 1.165) is 5.56 Å². The molecule has 1 amide bonds. The van der Waals surface area contributed by atoms with E-state index in [1.165, 1.54) is 38.7 Å².